The van der Waals surface area contributed by atoms with E-state index >= 15 is 0 Å². The lowest BCUT2D eigenvalue weighted by Gasteiger charge is -2.26. The van der Waals surface area contributed by atoms with Crippen molar-refractivity contribution in [2.24, 2.45) is 7.05 Å². The number of halogens is 1. The van der Waals surface area contributed by atoms with Crippen LogP contribution < -0.4 is 10.1 Å². The summed E-state index contributed by atoms with van der Waals surface area (Å²) in [5.74, 6) is 0.505. The zero-order chi connectivity index (χ0) is 22.4. The molecular weight excluding hydrogens is 416 g/mol. The van der Waals surface area contributed by atoms with Gasteiger partial charge in [0, 0.05) is 38.6 Å². The van der Waals surface area contributed by atoms with E-state index in [-0.39, 0.29) is 11.3 Å². The molecule has 0 spiro atoms. The number of rotatable bonds is 8. The first-order valence-electron chi connectivity index (χ1n) is 10.8. The first kappa shape index (κ1) is 23.6. The first-order valence-corrected chi connectivity index (χ1v) is 11.2. The fourth-order valence-corrected chi connectivity index (χ4v) is 3.64. The molecule has 0 saturated carbocycles. The minimum absolute atomic E-state index is 0.109. The number of amides is 1. The average molecular weight is 449 g/mol. The van der Waals surface area contributed by atoms with Crippen LogP contribution in [-0.2, 0) is 23.7 Å². The Kier molecular flexibility index (Phi) is 7.97. The molecule has 1 aliphatic heterocycles. The second-order valence-electron chi connectivity index (χ2n) is 8.89. The summed E-state index contributed by atoms with van der Waals surface area (Å²) in [6.45, 7) is 11.8. The van der Waals surface area contributed by atoms with Gasteiger partial charge in [-0.1, -0.05) is 38.4 Å². The zero-order valence-corrected chi connectivity index (χ0v) is 19.7. The van der Waals surface area contributed by atoms with Crippen molar-refractivity contribution in [3.63, 3.8) is 0 Å². The van der Waals surface area contributed by atoms with E-state index in [1.165, 1.54) is 0 Å². The molecule has 1 aromatic heterocycles. The SMILES string of the molecule is Cn1nc(C(C)(C)C)cc1C(=O)NCc1ccc(OCCCN2CCOCC2)c(Cl)c1. The monoisotopic (exact) mass is 448 g/mol. The number of carbonyl (C=O) groups is 1. The molecule has 0 aliphatic carbocycles. The Balaban J connectivity index is 1.47. The third kappa shape index (κ3) is 6.69. The van der Waals surface area contributed by atoms with Crippen molar-refractivity contribution in [3.05, 3.63) is 46.2 Å². The number of nitrogens with one attached hydrogen (secondary N) is 1. The van der Waals surface area contributed by atoms with E-state index in [2.05, 4.69) is 36.1 Å². The Morgan fingerprint density at radius 3 is 2.65 bits per heavy atom. The van der Waals surface area contributed by atoms with Crippen LogP contribution in [0.1, 0.15) is 48.9 Å². The molecule has 7 nitrogen and oxygen atoms in total. The summed E-state index contributed by atoms with van der Waals surface area (Å²) in [7, 11) is 1.78. The second kappa shape index (κ2) is 10.5. The van der Waals surface area contributed by atoms with Gasteiger partial charge in [0.15, 0.2) is 0 Å². The molecule has 31 heavy (non-hydrogen) atoms. The van der Waals surface area contributed by atoms with Crippen LogP contribution in [-0.4, -0.2) is 60.0 Å². The molecule has 1 fully saturated rings. The van der Waals surface area contributed by atoms with Gasteiger partial charge in [-0.15, -0.1) is 0 Å². The number of aryl methyl sites for hydroxylation is 1. The molecule has 2 heterocycles. The van der Waals surface area contributed by atoms with Crippen molar-refractivity contribution < 1.29 is 14.3 Å². The van der Waals surface area contributed by atoms with Crippen LogP contribution in [0, 0.1) is 0 Å². The molecular formula is C23H33ClN4O3. The molecule has 0 unspecified atom stereocenters. The van der Waals surface area contributed by atoms with E-state index < -0.39 is 0 Å². The maximum Gasteiger partial charge on any atom is 0.269 e. The van der Waals surface area contributed by atoms with Crippen LogP contribution in [0.4, 0.5) is 0 Å². The highest BCUT2D eigenvalue weighted by molar-refractivity contribution is 6.32. The molecule has 2 aromatic rings. The van der Waals surface area contributed by atoms with Gasteiger partial charge in [0.25, 0.3) is 5.91 Å². The predicted octanol–water partition coefficient (Wildman–Crippen LogP) is 3.40. The summed E-state index contributed by atoms with van der Waals surface area (Å²) in [5.41, 5.74) is 2.23. The fourth-order valence-electron chi connectivity index (χ4n) is 3.39. The van der Waals surface area contributed by atoms with Crippen molar-refractivity contribution in [1.82, 2.24) is 20.0 Å². The summed E-state index contributed by atoms with van der Waals surface area (Å²) in [6.07, 6.45) is 0.940. The molecule has 1 aliphatic rings. The Labute approximate surface area is 189 Å². The van der Waals surface area contributed by atoms with Crippen LogP contribution >= 0.6 is 11.6 Å². The largest absolute Gasteiger partial charge is 0.492 e. The Bertz CT molecular complexity index is 885. The number of nitrogens with zero attached hydrogens (tertiary/aromatic N) is 3. The second-order valence-corrected chi connectivity index (χ2v) is 9.30. The lowest BCUT2D eigenvalue weighted by molar-refractivity contribution is 0.0358. The number of benzene rings is 1. The topological polar surface area (TPSA) is 68.6 Å². The first-order chi connectivity index (χ1) is 14.7. The Hall–Kier alpha value is -2.09. The van der Waals surface area contributed by atoms with Crippen LogP contribution in [0.5, 0.6) is 5.75 Å². The number of morpholine rings is 1. The highest BCUT2D eigenvalue weighted by Gasteiger charge is 2.21. The van der Waals surface area contributed by atoms with E-state index in [9.17, 15) is 4.79 Å². The van der Waals surface area contributed by atoms with E-state index in [4.69, 9.17) is 21.1 Å². The van der Waals surface area contributed by atoms with Crippen molar-refractivity contribution in [3.8, 4) is 5.75 Å². The van der Waals surface area contributed by atoms with Crippen molar-refractivity contribution in [2.45, 2.75) is 39.2 Å². The smallest absolute Gasteiger partial charge is 0.269 e. The third-order valence-corrected chi connectivity index (χ3v) is 5.61. The number of hydrogen-bond donors (Lipinski definition) is 1. The van der Waals surface area contributed by atoms with Crippen LogP contribution in [0.2, 0.25) is 5.02 Å². The fraction of sp³-hybridized carbons (Fsp3) is 0.565. The average Bonchev–Trinajstić information content (AvgIpc) is 3.13. The standard InChI is InChI=1S/C23H33ClN4O3/c1-23(2,3)21-15-19(27(4)26-21)22(29)25-16-17-6-7-20(18(24)14-17)31-11-5-8-28-9-12-30-13-10-28/h6-7,14-15H,5,8-13,16H2,1-4H3,(H,25,29). The van der Waals surface area contributed by atoms with Gasteiger partial charge in [-0.25, -0.2) is 0 Å². The molecule has 1 amide bonds. The van der Waals surface area contributed by atoms with Crippen LogP contribution in [0.15, 0.2) is 24.3 Å². The number of ether oxygens (including phenoxy) is 2. The van der Waals surface area contributed by atoms with E-state index in [1.807, 2.05) is 24.3 Å². The molecule has 170 valence electrons. The molecule has 0 atom stereocenters. The maximum absolute atomic E-state index is 12.6. The minimum atomic E-state index is -0.162. The molecule has 0 radical (unpaired) electrons. The molecule has 8 heteroatoms. The molecule has 1 aromatic carbocycles. The lowest BCUT2D eigenvalue weighted by atomic mass is 9.92. The zero-order valence-electron chi connectivity index (χ0n) is 18.9. The normalized spacial score (nSPS) is 15.1. The number of hydrogen-bond acceptors (Lipinski definition) is 5. The van der Waals surface area contributed by atoms with E-state index in [0.717, 1.165) is 50.5 Å². The van der Waals surface area contributed by atoms with Crippen LogP contribution in [0.3, 0.4) is 0 Å². The summed E-state index contributed by atoms with van der Waals surface area (Å²) in [5, 5.41) is 7.95. The summed E-state index contributed by atoms with van der Waals surface area (Å²) in [4.78, 5) is 15.0. The predicted molar refractivity (Wildman–Crippen MR) is 122 cm³/mol. The third-order valence-electron chi connectivity index (χ3n) is 5.31. The van der Waals surface area contributed by atoms with Gasteiger partial charge in [-0.05, 0) is 30.2 Å². The summed E-state index contributed by atoms with van der Waals surface area (Å²) in [6, 6.07) is 7.47. The van der Waals surface area contributed by atoms with Gasteiger partial charge in [-0.2, -0.15) is 5.10 Å². The Morgan fingerprint density at radius 2 is 2.00 bits per heavy atom. The van der Waals surface area contributed by atoms with Gasteiger partial charge >= 0.3 is 0 Å². The van der Waals surface area contributed by atoms with Gasteiger partial charge in [-0.3, -0.25) is 14.4 Å². The minimum Gasteiger partial charge on any atom is -0.492 e. The number of carbonyl (C=O) groups excluding carboxylic acids is 1. The summed E-state index contributed by atoms with van der Waals surface area (Å²) < 4.78 is 12.8. The van der Waals surface area contributed by atoms with Crippen molar-refractivity contribution >= 4 is 17.5 Å². The van der Waals surface area contributed by atoms with E-state index in [0.29, 0.717) is 29.6 Å². The van der Waals surface area contributed by atoms with Gasteiger partial charge in [0.2, 0.25) is 0 Å². The summed E-state index contributed by atoms with van der Waals surface area (Å²) >= 11 is 6.39. The van der Waals surface area contributed by atoms with Crippen molar-refractivity contribution in [1.29, 1.82) is 0 Å². The lowest BCUT2D eigenvalue weighted by Crippen LogP contribution is -2.37. The molecule has 1 saturated heterocycles. The number of aromatic nitrogens is 2. The molecule has 1 N–H and O–H groups in total. The van der Waals surface area contributed by atoms with Crippen molar-refractivity contribution in [2.75, 3.05) is 39.5 Å². The highest BCUT2D eigenvalue weighted by Crippen LogP contribution is 2.26. The van der Waals surface area contributed by atoms with Gasteiger partial charge in [0.1, 0.15) is 11.4 Å². The molecule has 0 bridgehead atoms. The van der Waals surface area contributed by atoms with E-state index in [1.54, 1.807) is 11.7 Å². The van der Waals surface area contributed by atoms with Gasteiger partial charge in [0.05, 0.1) is 30.5 Å². The van der Waals surface area contributed by atoms with Crippen LogP contribution in [0.25, 0.3) is 0 Å². The highest BCUT2D eigenvalue weighted by atomic mass is 35.5. The quantitative estimate of drug-likeness (QED) is 0.627. The maximum atomic E-state index is 12.6. The Morgan fingerprint density at radius 1 is 1.26 bits per heavy atom. The molecule has 3 rings (SSSR count). The van der Waals surface area contributed by atoms with Gasteiger partial charge < -0.3 is 14.8 Å².